The van der Waals surface area contributed by atoms with Gasteiger partial charge in [-0.25, -0.2) is 13.8 Å². The van der Waals surface area contributed by atoms with Crippen molar-refractivity contribution in [3.63, 3.8) is 0 Å². The highest BCUT2D eigenvalue weighted by Crippen LogP contribution is 2.17. The summed E-state index contributed by atoms with van der Waals surface area (Å²) < 4.78 is 26.0. The van der Waals surface area contributed by atoms with Crippen molar-refractivity contribution >= 4 is 11.0 Å². The van der Waals surface area contributed by atoms with E-state index in [0.29, 0.717) is 24.2 Å². The van der Waals surface area contributed by atoms with Crippen LogP contribution in [0.1, 0.15) is 12.2 Å². The Morgan fingerprint density at radius 3 is 2.87 bits per heavy atom. The third-order valence-corrected chi connectivity index (χ3v) is 2.13. The van der Waals surface area contributed by atoms with Gasteiger partial charge >= 0.3 is 0 Å². The first-order chi connectivity index (χ1) is 7.20. The molecule has 0 atom stereocenters. The highest BCUT2D eigenvalue weighted by molar-refractivity contribution is 5.75. The molecule has 0 fully saturated rings. The number of aromatic nitrogens is 2. The Bertz CT molecular complexity index is 481. The van der Waals surface area contributed by atoms with Crippen LogP contribution >= 0.6 is 0 Å². The van der Waals surface area contributed by atoms with Gasteiger partial charge in [0.15, 0.2) is 5.82 Å². The van der Waals surface area contributed by atoms with Gasteiger partial charge in [-0.3, -0.25) is 0 Å². The second-order valence-electron chi connectivity index (χ2n) is 3.29. The highest BCUT2D eigenvalue weighted by Gasteiger charge is 2.09. The molecule has 0 aliphatic heterocycles. The number of halogens is 2. The van der Waals surface area contributed by atoms with Gasteiger partial charge < -0.3 is 10.1 Å². The van der Waals surface area contributed by atoms with E-state index >= 15 is 0 Å². The largest absolute Gasteiger partial charge is 0.396 e. The first-order valence-corrected chi connectivity index (χ1v) is 4.65. The second kappa shape index (κ2) is 3.94. The van der Waals surface area contributed by atoms with Crippen LogP contribution in [-0.4, -0.2) is 21.7 Å². The first-order valence-electron chi connectivity index (χ1n) is 4.65. The lowest BCUT2D eigenvalue weighted by Gasteiger charge is -1.90. The van der Waals surface area contributed by atoms with E-state index in [9.17, 15) is 8.78 Å². The maximum Gasteiger partial charge on any atom is 0.153 e. The summed E-state index contributed by atoms with van der Waals surface area (Å²) >= 11 is 0. The zero-order valence-electron chi connectivity index (χ0n) is 7.93. The van der Waals surface area contributed by atoms with Crippen LogP contribution in [-0.2, 0) is 6.42 Å². The molecule has 0 spiro atoms. The van der Waals surface area contributed by atoms with Gasteiger partial charge in [0.2, 0.25) is 0 Å². The molecule has 80 valence electrons. The molecule has 0 aliphatic carbocycles. The lowest BCUT2D eigenvalue weighted by Crippen LogP contribution is -1.91. The molecule has 2 aromatic rings. The molecule has 1 aromatic carbocycles. The number of benzene rings is 1. The van der Waals surface area contributed by atoms with Crippen molar-refractivity contribution in [2.75, 3.05) is 6.61 Å². The summed E-state index contributed by atoms with van der Waals surface area (Å²) in [6.07, 6.45) is 1.07. The summed E-state index contributed by atoms with van der Waals surface area (Å²) in [4.78, 5) is 6.79. The lowest BCUT2D eigenvalue weighted by atomic mass is 10.3. The molecular formula is C10H10F2N2O. The molecule has 1 aromatic heterocycles. The molecule has 0 radical (unpaired) electrons. The fraction of sp³-hybridized carbons (Fsp3) is 0.300. The Labute approximate surface area is 84.8 Å². The topological polar surface area (TPSA) is 48.9 Å². The minimum Gasteiger partial charge on any atom is -0.396 e. The van der Waals surface area contributed by atoms with Crippen LogP contribution in [0.2, 0.25) is 0 Å². The number of aromatic amines is 1. The number of rotatable bonds is 3. The van der Waals surface area contributed by atoms with Crippen LogP contribution in [0.25, 0.3) is 11.0 Å². The van der Waals surface area contributed by atoms with Gasteiger partial charge in [0.25, 0.3) is 0 Å². The number of aryl methyl sites for hydroxylation is 1. The minimum atomic E-state index is -0.670. The molecule has 3 nitrogen and oxygen atoms in total. The summed E-state index contributed by atoms with van der Waals surface area (Å²) in [6, 6.07) is 2.01. The normalized spacial score (nSPS) is 11.1. The zero-order chi connectivity index (χ0) is 10.8. The lowest BCUT2D eigenvalue weighted by molar-refractivity contribution is 0.287. The monoisotopic (exact) mass is 212 g/mol. The van der Waals surface area contributed by atoms with Crippen LogP contribution in [0.15, 0.2) is 12.1 Å². The average molecular weight is 212 g/mol. The van der Waals surface area contributed by atoms with E-state index in [4.69, 9.17) is 5.11 Å². The summed E-state index contributed by atoms with van der Waals surface area (Å²) in [5.41, 5.74) is 0.491. The smallest absolute Gasteiger partial charge is 0.153 e. The third kappa shape index (κ3) is 1.97. The summed E-state index contributed by atoms with van der Waals surface area (Å²) in [6.45, 7) is 0.0495. The van der Waals surface area contributed by atoms with Crippen molar-refractivity contribution in [1.29, 1.82) is 0 Å². The Morgan fingerprint density at radius 1 is 1.33 bits per heavy atom. The molecule has 0 unspecified atom stereocenters. The maximum atomic E-state index is 13.2. The van der Waals surface area contributed by atoms with Gasteiger partial charge in [-0.1, -0.05) is 0 Å². The SMILES string of the molecule is OCCCc1nc2c(F)cc(F)cc2[nH]1. The molecule has 2 N–H and O–H groups in total. The van der Waals surface area contributed by atoms with Gasteiger partial charge in [-0.05, 0) is 12.5 Å². The molecular weight excluding hydrogens is 202 g/mol. The van der Waals surface area contributed by atoms with Crippen molar-refractivity contribution in [1.82, 2.24) is 9.97 Å². The summed E-state index contributed by atoms with van der Waals surface area (Å²) in [7, 11) is 0. The van der Waals surface area contributed by atoms with Gasteiger partial charge in [0, 0.05) is 19.1 Å². The van der Waals surface area contributed by atoms with Gasteiger partial charge in [-0.2, -0.15) is 0 Å². The van der Waals surface area contributed by atoms with Crippen molar-refractivity contribution in [2.24, 2.45) is 0 Å². The maximum absolute atomic E-state index is 13.2. The standard InChI is InChI=1S/C10H10F2N2O/c11-6-4-7(12)10-8(5-6)13-9(14-10)2-1-3-15/h4-5,15H,1-3H2,(H,13,14). The average Bonchev–Trinajstić information content (AvgIpc) is 2.57. The Balaban J connectivity index is 2.41. The molecule has 0 aliphatic rings. The number of hydrogen-bond donors (Lipinski definition) is 2. The van der Waals surface area contributed by atoms with Crippen LogP contribution in [0.4, 0.5) is 8.78 Å². The highest BCUT2D eigenvalue weighted by atomic mass is 19.1. The van der Waals surface area contributed by atoms with E-state index in [0.717, 1.165) is 6.07 Å². The summed E-state index contributed by atoms with van der Waals surface area (Å²) in [5.74, 6) is -0.739. The van der Waals surface area contributed by atoms with E-state index in [1.165, 1.54) is 6.07 Å². The number of imidazole rings is 1. The van der Waals surface area contributed by atoms with Crippen molar-refractivity contribution in [3.8, 4) is 0 Å². The van der Waals surface area contributed by atoms with Crippen LogP contribution < -0.4 is 0 Å². The van der Waals surface area contributed by atoms with Crippen molar-refractivity contribution in [3.05, 3.63) is 29.6 Å². The number of aliphatic hydroxyl groups is 1. The van der Waals surface area contributed by atoms with Gasteiger partial charge in [0.05, 0.1) is 5.52 Å². The number of aliphatic hydroxyl groups excluding tert-OH is 1. The molecule has 0 saturated carbocycles. The quantitative estimate of drug-likeness (QED) is 0.814. The number of H-pyrrole nitrogens is 1. The third-order valence-electron chi connectivity index (χ3n) is 2.13. The van der Waals surface area contributed by atoms with Gasteiger partial charge in [-0.15, -0.1) is 0 Å². The van der Waals surface area contributed by atoms with E-state index in [-0.39, 0.29) is 12.1 Å². The van der Waals surface area contributed by atoms with E-state index in [1.54, 1.807) is 0 Å². The molecule has 2 rings (SSSR count). The van der Waals surface area contributed by atoms with E-state index < -0.39 is 11.6 Å². The van der Waals surface area contributed by atoms with Crippen molar-refractivity contribution in [2.45, 2.75) is 12.8 Å². The molecule has 0 bridgehead atoms. The number of nitrogens with one attached hydrogen (secondary N) is 1. The zero-order valence-corrected chi connectivity index (χ0v) is 7.93. The molecule has 15 heavy (non-hydrogen) atoms. The first kappa shape index (κ1) is 10.0. The fourth-order valence-electron chi connectivity index (χ4n) is 1.46. The summed E-state index contributed by atoms with van der Waals surface area (Å²) in [5, 5.41) is 8.63. The predicted octanol–water partition coefficient (Wildman–Crippen LogP) is 1.77. The number of fused-ring (bicyclic) bond motifs is 1. The van der Waals surface area contributed by atoms with Crippen LogP contribution in [0.3, 0.4) is 0 Å². The van der Waals surface area contributed by atoms with E-state index in [1.807, 2.05) is 0 Å². The minimum absolute atomic E-state index is 0.0495. The Kier molecular flexibility index (Phi) is 2.64. The fourth-order valence-corrected chi connectivity index (χ4v) is 1.46. The number of nitrogens with zero attached hydrogens (tertiary/aromatic N) is 1. The predicted molar refractivity (Wildman–Crippen MR) is 51.4 cm³/mol. The Morgan fingerprint density at radius 2 is 2.13 bits per heavy atom. The van der Waals surface area contributed by atoms with Crippen LogP contribution in [0.5, 0.6) is 0 Å². The van der Waals surface area contributed by atoms with Gasteiger partial charge in [0.1, 0.15) is 17.2 Å². The Hall–Kier alpha value is -1.49. The molecule has 1 heterocycles. The van der Waals surface area contributed by atoms with Crippen molar-refractivity contribution < 1.29 is 13.9 Å². The molecule has 0 amide bonds. The van der Waals surface area contributed by atoms with Crippen LogP contribution in [0, 0.1) is 11.6 Å². The molecule has 0 saturated heterocycles. The second-order valence-corrected chi connectivity index (χ2v) is 3.29. The van der Waals surface area contributed by atoms with E-state index in [2.05, 4.69) is 9.97 Å². The number of hydrogen-bond acceptors (Lipinski definition) is 2. The molecule has 5 heteroatoms.